The van der Waals surface area contributed by atoms with Gasteiger partial charge < -0.3 is 15.4 Å². The van der Waals surface area contributed by atoms with Crippen molar-refractivity contribution in [1.29, 1.82) is 0 Å². The van der Waals surface area contributed by atoms with Crippen LogP contribution in [0.5, 0.6) is 5.75 Å². The number of sulfonamides is 1. The van der Waals surface area contributed by atoms with Crippen LogP contribution >= 0.6 is 0 Å². The number of carbonyl (C=O) groups excluding carboxylic acids is 2. The Morgan fingerprint density at radius 3 is 2.30 bits per heavy atom. The first kappa shape index (κ1) is 24.7. The van der Waals surface area contributed by atoms with Crippen LogP contribution in [0.4, 0.5) is 11.4 Å². The Morgan fingerprint density at radius 1 is 1.03 bits per heavy atom. The SMILES string of the molecule is COc1ccc(NC(=O)CN2CCC(C(=O)Nc3ccccc3)CC2)cc1S(=O)(=O)N(C)C. The van der Waals surface area contributed by atoms with E-state index in [1.165, 1.54) is 33.3 Å². The van der Waals surface area contributed by atoms with E-state index in [1.54, 1.807) is 6.07 Å². The molecule has 2 aromatic rings. The summed E-state index contributed by atoms with van der Waals surface area (Å²) in [6.07, 6.45) is 1.33. The Hall–Kier alpha value is -2.95. The van der Waals surface area contributed by atoms with Crippen LogP contribution in [0.25, 0.3) is 0 Å². The summed E-state index contributed by atoms with van der Waals surface area (Å²) in [6, 6.07) is 13.9. The molecule has 0 saturated carbocycles. The smallest absolute Gasteiger partial charge is 0.246 e. The van der Waals surface area contributed by atoms with Gasteiger partial charge in [0.1, 0.15) is 10.6 Å². The zero-order valence-corrected chi connectivity index (χ0v) is 19.9. The van der Waals surface area contributed by atoms with Crippen molar-refractivity contribution in [3.63, 3.8) is 0 Å². The van der Waals surface area contributed by atoms with Crippen molar-refractivity contribution in [3.8, 4) is 5.75 Å². The zero-order chi connectivity index (χ0) is 24.0. The number of anilines is 2. The number of nitrogens with zero attached hydrogens (tertiary/aromatic N) is 2. The molecular formula is C23H30N4O5S. The van der Waals surface area contributed by atoms with Crippen LogP contribution in [0, 0.1) is 5.92 Å². The predicted molar refractivity (Wildman–Crippen MR) is 127 cm³/mol. The molecule has 2 aromatic carbocycles. The molecule has 1 heterocycles. The number of carbonyl (C=O) groups is 2. The molecule has 0 unspecified atom stereocenters. The quantitative estimate of drug-likeness (QED) is 0.608. The highest BCUT2D eigenvalue weighted by Crippen LogP contribution is 2.29. The van der Waals surface area contributed by atoms with Crippen LogP contribution in [-0.2, 0) is 19.6 Å². The number of para-hydroxylation sites is 1. The number of benzene rings is 2. The van der Waals surface area contributed by atoms with Gasteiger partial charge in [-0.15, -0.1) is 0 Å². The summed E-state index contributed by atoms with van der Waals surface area (Å²) >= 11 is 0. The summed E-state index contributed by atoms with van der Waals surface area (Å²) in [5.41, 5.74) is 1.15. The lowest BCUT2D eigenvalue weighted by Crippen LogP contribution is -2.41. The van der Waals surface area contributed by atoms with Gasteiger partial charge in [-0.25, -0.2) is 12.7 Å². The molecule has 1 aliphatic rings. The van der Waals surface area contributed by atoms with E-state index in [0.29, 0.717) is 31.6 Å². The first-order chi connectivity index (χ1) is 15.7. The molecule has 0 spiro atoms. The van der Waals surface area contributed by atoms with E-state index in [1.807, 2.05) is 35.2 Å². The third-order valence-corrected chi connectivity index (χ3v) is 7.41. The van der Waals surface area contributed by atoms with Gasteiger partial charge in [-0.1, -0.05) is 18.2 Å². The second-order valence-corrected chi connectivity index (χ2v) is 10.2. The first-order valence-corrected chi connectivity index (χ1v) is 12.1. The molecule has 1 fully saturated rings. The number of methoxy groups -OCH3 is 1. The zero-order valence-electron chi connectivity index (χ0n) is 19.1. The molecular weight excluding hydrogens is 444 g/mol. The molecule has 0 aliphatic carbocycles. The molecule has 1 aliphatic heterocycles. The maximum Gasteiger partial charge on any atom is 0.246 e. The molecule has 0 radical (unpaired) electrons. The van der Waals surface area contributed by atoms with Crippen LogP contribution in [-0.4, -0.2) is 70.3 Å². The Kier molecular flexibility index (Phi) is 8.06. The maximum atomic E-state index is 12.6. The molecule has 178 valence electrons. The molecule has 2 N–H and O–H groups in total. The van der Waals surface area contributed by atoms with Crippen molar-refractivity contribution in [2.45, 2.75) is 17.7 Å². The van der Waals surface area contributed by atoms with E-state index in [9.17, 15) is 18.0 Å². The molecule has 33 heavy (non-hydrogen) atoms. The monoisotopic (exact) mass is 474 g/mol. The van der Waals surface area contributed by atoms with Gasteiger partial charge in [0, 0.05) is 31.4 Å². The average molecular weight is 475 g/mol. The van der Waals surface area contributed by atoms with Gasteiger partial charge in [0.15, 0.2) is 0 Å². The van der Waals surface area contributed by atoms with Crippen LogP contribution in [0.15, 0.2) is 53.4 Å². The number of rotatable bonds is 8. The van der Waals surface area contributed by atoms with Crippen LogP contribution in [0.1, 0.15) is 12.8 Å². The molecule has 2 amide bonds. The van der Waals surface area contributed by atoms with Crippen molar-refractivity contribution in [1.82, 2.24) is 9.21 Å². The number of piperidine rings is 1. The lowest BCUT2D eigenvalue weighted by molar-refractivity contribution is -0.121. The van der Waals surface area contributed by atoms with Crippen molar-refractivity contribution in [2.75, 3.05) is 51.5 Å². The second-order valence-electron chi connectivity index (χ2n) is 8.11. The summed E-state index contributed by atoms with van der Waals surface area (Å²) in [6.45, 7) is 1.42. The molecule has 9 nitrogen and oxygen atoms in total. The van der Waals surface area contributed by atoms with E-state index < -0.39 is 10.0 Å². The van der Waals surface area contributed by atoms with Gasteiger partial charge in [0.05, 0.1) is 13.7 Å². The fraction of sp³-hybridized carbons (Fsp3) is 0.391. The van der Waals surface area contributed by atoms with Gasteiger partial charge in [0.25, 0.3) is 0 Å². The number of hydrogen-bond donors (Lipinski definition) is 2. The van der Waals surface area contributed by atoms with E-state index in [2.05, 4.69) is 10.6 Å². The number of hydrogen-bond acceptors (Lipinski definition) is 6. The standard InChI is InChI=1S/C23H30N4O5S/c1-26(2)33(30,31)21-15-19(9-10-20(21)32-3)24-22(28)16-27-13-11-17(12-14-27)23(29)25-18-7-5-4-6-8-18/h4-10,15,17H,11-14,16H2,1-3H3,(H,24,28)(H,25,29). The number of ether oxygens (including phenoxy) is 1. The van der Waals surface area contributed by atoms with Crippen LogP contribution < -0.4 is 15.4 Å². The van der Waals surface area contributed by atoms with Crippen molar-refractivity contribution < 1.29 is 22.7 Å². The fourth-order valence-corrected chi connectivity index (χ4v) is 4.75. The first-order valence-electron chi connectivity index (χ1n) is 10.7. The third-order valence-electron chi connectivity index (χ3n) is 5.57. The minimum Gasteiger partial charge on any atom is -0.495 e. The fourth-order valence-electron chi connectivity index (χ4n) is 3.68. The van der Waals surface area contributed by atoms with Gasteiger partial charge in [0.2, 0.25) is 21.8 Å². The molecule has 0 aromatic heterocycles. The van der Waals surface area contributed by atoms with Crippen molar-refractivity contribution >= 4 is 33.2 Å². The molecule has 0 atom stereocenters. The summed E-state index contributed by atoms with van der Waals surface area (Å²) in [5, 5.41) is 5.70. The third kappa shape index (κ3) is 6.31. The molecule has 1 saturated heterocycles. The van der Waals surface area contributed by atoms with Crippen molar-refractivity contribution in [2.24, 2.45) is 5.92 Å². The Labute approximate surface area is 194 Å². The Balaban J connectivity index is 1.54. The predicted octanol–water partition coefficient (Wildman–Crippen LogP) is 2.23. The highest BCUT2D eigenvalue weighted by atomic mass is 32.2. The number of amides is 2. The summed E-state index contributed by atoms with van der Waals surface area (Å²) in [7, 11) is 0.530. The summed E-state index contributed by atoms with van der Waals surface area (Å²) < 4.78 is 31.4. The minimum absolute atomic E-state index is 0.00170. The maximum absolute atomic E-state index is 12.6. The van der Waals surface area contributed by atoms with Gasteiger partial charge >= 0.3 is 0 Å². The number of likely N-dealkylation sites (tertiary alicyclic amines) is 1. The molecule has 10 heteroatoms. The van der Waals surface area contributed by atoms with Crippen LogP contribution in [0.2, 0.25) is 0 Å². The van der Waals surface area contributed by atoms with Crippen LogP contribution in [0.3, 0.4) is 0 Å². The lowest BCUT2D eigenvalue weighted by atomic mass is 9.96. The van der Waals surface area contributed by atoms with Gasteiger partial charge in [-0.05, 0) is 56.3 Å². The van der Waals surface area contributed by atoms with E-state index in [-0.39, 0.29) is 34.9 Å². The summed E-state index contributed by atoms with van der Waals surface area (Å²) in [5.74, 6) is -0.138. The topological polar surface area (TPSA) is 108 Å². The van der Waals surface area contributed by atoms with E-state index in [0.717, 1.165) is 9.99 Å². The highest BCUT2D eigenvalue weighted by molar-refractivity contribution is 7.89. The van der Waals surface area contributed by atoms with Crippen molar-refractivity contribution in [3.05, 3.63) is 48.5 Å². The largest absolute Gasteiger partial charge is 0.495 e. The highest BCUT2D eigenvalue weighted by Gasteiger charge is 2.27. The van der Waals surface area contributed by atoms with E-state index >= 15 is 0 Å². The summed E-state index contributed by atoms with van der Waals surface area (Å²) in [4.78, 5) is 27.0. The minimum atomic E-state index is -3.73. The molecule has 0 bridgehead atoms. The Bertz CT molecular complexity index is 1080. The Morgan fingerprint density at radius 2 is 1.70 bits per heavy atom. The average Bonchev–Trinajstić information content (AvgIpc) is 2.80. The van der Waals surface area contributed by atoms with Gasteiger partial charge in [-0.2, -0.15) is 0 Å². The number of nitrogens with one attached hydrogen (secondary N) is 2. The lowest BCUT2D eigenvalue weighted by Gasteiger charge is -2.30. The second kappa shape index (κ2) is 10.8. The van der Waals surface area contributed by atoms with E-state index in [4.69, 9.17) is 4.74 Å². The molecule has 3 rings (SSSR count). The normalized spacial score (nSPS) is 15.3. The van der Waals surface area contributed by atoms with Gasteiger partial charge in [-0.3, -0.25) is 14.5 Å².